The lowest BCUT2D eigenvalue weighted by Gasteiger charge is -2.10. The number of aliphatic hydroxyl groups excluding tert-OH is 1. The molecule has 0 aliphatic rings. The number of hydrogen-bond acceptors (Lipinski definition) is 4. The Kier molecular flexibility index (Phi) is 4.95. The van der Waals surface area contributed by atoms with Crippen LogP contribution in [0.15, 0.2) is 24.3 Å². The fourth-order valence-corrected chi connectivity index (χ4v) is 1.25. The lowest BCUT2D eigenvalue weighted by molar-refractivity contribution is -0.116. The minimum atomic E-state index is -0.642. The Morgan fingerprint density at radius 2 is 2.06 bits per heavy atom. The quantitative estimate of drug-likeness (QED) is 0.737. The molecule has 0 saturated heterocycles. The number of rotatable bonds is 6. The van der Waals surface area contributed by atoms with Crippen molar-refractivity contribution in [3.8, 4) is 5.75 Å². The van der Waals surface area contributed by atoms with E-state index in [4.69, 9.17) is 10.5 Å². The highest BCUT2D eigenvalue weighted by atomic mass is 16.5. The van der Waals surface area contributed by atoms with Crippen LogP contribution < -0.4 is 10.5 Å². The number of aliphatic hydroxyl groups is 1. The van der Waals surface area contributed by atoms with E-state index in [2.05, 4.69) is 0 Å². The Morgan fingerprint density at radius 1 is 1.44 bits per heavy atom. The molecule has 4 heteroatoms. The van der Waals surface area contributed by atoms with E-state index in [0.717, 1.165) is 5.56 Å². The van der Waals surface area contributed by atoms with Crippen molar-refractivity contribution in [2.75, 3.05) is 13.2 Å². The van der Waals surface area contributed by atoms with E-state index in [0.29, 0.717) is 12.2 Å². The van der Waals surface area contributed by atoms with E-state index in [1.807, 2.05) is 12.1 Å². The molecule has 0 saturated carbocycles. The van der Waals surface area contributed by atoms with Crippen LogP contribution in [0.3, 0.4) is 0 Å². The molecule has 1 rings (SSSR count). The molecule has 1 unspecified atom stereocenters. The third-order valence-electron chi connectivity index (χ3n) is 2.09. The third-order valence-corrected chi connectivity index (χ3v) is 2.09. The Balaban J connectivity index is 2.48. The highest BCUT2D eigenvalue weighted by Crippen LogP contribution is 2.12. The smallest absolute Gasteiger partial charge is 0.134 e. The topological polar surface area (TPSA) is 72.5 Å². The van der Waals surface area contributed by atoms with E-state index in [-0.39, 0.29) is 18.9 Å². The molecule has 0 heterocycles. The van der Waals surface area contributed by atoms with Crippen molar-refractivity contribution in [3.63, 3.8) is 0 Å². The molecule has 4 nitrogen and oxygen atoms in total. The van der Waals surface area contributed by atoms with Crippen molar-refractivity contribution in [2.45, 2.75) is 19.4 Å². The summed E-state index contributed by atoms with van der Waals surface area (Å²) >= 11 is 0. The van der Waals surface area contributed by atoms with Gasteiger partial charge in [-0.3, -0.25) is 4.79 Å². The van der Waals surface area contributed by atoms with Crippen LogP contribution in [-0.2, 0) is 11.2 Å². The second kappa shape index (κ2) is 6.25. The lowest BCUT2D eigenvalue weighted by atomic mass is 10.1. The third kappa shape index (κ3) is 4.42. The van der Waals surface area contributed by atoms with Gasteiger partial charge >= 0.3 is 0 Å². The van der Waals surface area contributed by atoms with Crippen molar-refractivity contribution >= 4 is 5.78 Å². The van der Waals surface area contributed by atoms with E-state index < -0.39 is 6.10 Å². The first kappa shape index (κ1) is 12.7. The summed E-state index contributed by atoms with van der Waals surface area (Å²) < 4.78 is 5.30. The Bertz CT molecular complexity index is 335. The predicted octanol–water partition coefficient (Wildman–Crippen LogP) is 0.516. The van der Waals surface area contributed by atoms with Crippen LogP contribution in [0.5, 0.6) is 5.75 Å². The number of benzene rings is 1. The number of Topliss-reactive ketones (excluding diaryl/α,β-unsaturated/α-hetero) is 1. The molecule has 88 valence electrons. The molecule has 0 aromatic heterocycles. The summed E-state index contributed by atoms with van der Waals surface area (Å²) in [6.45, 7) is 1.92. The summed E-state index contributed by atoms with van der Waals surface area (Å²) in [5, 5.41) is 9.20. The molecule has 0 radical (unpaired) electrons. The minimum absolute atomic E-state index is 0.132. The first-order valence-electron chi connectivity index (χ1n) is 5.21. The second-order valence-electron chi connectivity index (χ2n) is 3.72. The van der Waals surface area contributed by atoms with Gasteiger partial charge in [-0.15, -0.1) is 0 Å². The molecule has 0 spiro atoms. The van der Waals surface area contributed by atoms with Gasteiger partial charge in [0.15, 0.2) is 0 Å². The van der Waals surface area contributed by atoms with Gasteiger partial charge < -0.3 is 15.6 Å². The van der Waals surface area contributed by atoms with Crippen LogP contribution in [0.4, 0.5) is 0 Å². The van der Waals surface area contributed by atoms with Crippen molar-refractivity contribution in [1.82, 2.24) is 0 Å². The van der Waals surface area contributed by atoms with Gasteiger partial charge in [0, 0.05) is 13.0 Å². The lowest BCUT2D eigenvalue weighted by Crippen LogP contribution is -2.26. The number of nitrogens with two attached hydrogens (primary N) is 1. The summed E-state index contributed by atoms with van der Waals surface area (Å²) in [7, 11) is 0. The van der Waals surface area contributed by atoms with Gasteiger partial charge in [-0.25, -0.2) is 0 Å². The van der Waals surface area contributed by atoms with E-state index in [1.165, 1.54) is 0 Å². The fraction of sp³-hybridized carbons (Fsp3) is 0.417. The summed E-state index contributed by atoms with van der Waals surface area (Å²) in [6.07, 6.45) is -0.206. The van der Waals surface area contributed by atoms with Crippen molar-refractivity contribution in [3.05, 3.63) is 29.8 Å². The van der Waals surface area contributed by atoms with Gasteiger partial charge in [-0.1, -0.05) is 12.1 Å². The van der Waals surface area contributed by atoms with Crippen LogP contribution in [0.2, 0.25) is 0 Å². The van der Waals surface area contributed by atoms with E-state index >= 15 is 0 Å². The summed E-state index contributed by atoms with van der Waals surface area (Å²) in [4.78, 5) is 10.9. The molecular weight excluding hydrogens is 206 g/mol. The highest BCUT2D eigenvalue weighted by molar-refractivity contribution is 5.78. The molecule has 3 N–H and O–H groups in total. The molecule has 1 aromatic rings. The average molecular weight is 223 g/mol. The maximum atomic E-state index is 10.9. The molecule has 1 aromatic carbocycles. The van der Waals surface area contributed by atoms with Gasteiger partial charge in [-0.05, 0) is 24.6 Å². The minimum Gasteiger partial charge on any atom is -0.491 e. The van der Waals surface area contributed by atoms with Gasteiger partial charge in [-0.2, -0.15) is 0 Å². The van der Waals surface area contributed by atoms with Gasteiger partial charge in [0.2, 0.25) is 0 Å². The van der Waals surface area contributed by atoms with Crippen LogP contribution in [0.1, 0.15) is 12.5 Å². The Morgan fingerprint density at radius 3 is 2.56 bits per heavy atom. The monoisotopic (exact) mass is 223 g/mol. The molecular formula is C12H17NO3. The second-order valence-corrected chi connectivity index (χ2v) is 3.72. The van der Waals surface area contributed by atoms with Crippen LogP contribution >= 0.6 is 0 Å². The largest absolute Gasteiger partial charge is 0.491 e. The average Bonchev–Trinajstić information content (AvgIpc) is 2.27. The van der Waals surface area contributed by atoms with Gasteiger partial charge in [0.25, 0.3) is 0 Å². The SMILES string of the molecule is CC(=O)Cc1ccc(OCC(O)CN)cc1. The number of carbonyl (C=O) groups excluding carboxylic acids is 1. The van der Waals surface area contributed by atoms with Crippen LogP contribution in [0, 0.1) is 0 Å². The van der Waals surface area contributed by atoms with Crippen LogP contribution in [-0.4, -0.2) is 30.1 Å². The molecule has 0 bridgehead atoms. The van der Waals surface area contributed by atoms with Crippen molar-refractivity contribution in [2.24, 2.45) is 5.73 Å². The molecule has 1 atom stereocenters. The summed E-state index contributed by atoms with van der Waals surface area (Å²) in [5.41, 5.74) is 6.21. The first-order chi connectivity index (χ1) is 7.61. The first-order valence-corrected chi connectivity index (χ1v) is 5.21. The predicted molar refractivity (Wildman–Crippen MR) is 61.4 cm³/mol. The number of carbonyl (C=O) groups is 1. The standard InChI is InChI=1S/C12H17NO3/c1-9(14)6-10-2-4-12(5-3-10)16-8-11(15)7-13/h2-5,11,15H,6-8,13H2,1H3. The van der Waals surface area contributed by atoms with Gasteiger partial charge in [0.1, 0.15) is 24.2 Å². The zero-order valence-corrected chi connectivity index (χ0v) is 9.35. The molecule has 0 aliphatic carbocycles. The maximum Gasteiger partial charge on any atom is 0.134 e. The van der Waals surface area contributed by atoms with Crippen molar-refractivity contribution in [1.29, 1.82) is 0 Å². The van der Waals surface area contributed by atoms with E-state index in [9.17, 15) is 9.90 Å². The summed E-state index contributed by atoms with van der Waals surface area (Å²) in [5.74, 6) is 0.798. The number of hydrogen-bond donors (Lipinski definition) is 2. The summed E-state index contributed by atoms with van der Waals surface area (Å²) in [6, 6.07) is 7.24. The van der Waals surface area contributed by atoms with Crippen molar-refractivity contribution < 1.29 is 14.6 Å². The van der Waals surface area contributed by atoms with E-state index in [1.54, 1.807) is 19.1 Å². The number of ether oxygens (including phenoxy) is 1. The normalized spacial score (nSPS) is 12.2. The van der Waals surface area contributed by atoms with Crippen LogP contribution in [0.25, 0.3) is 0 Å². The Labute approximate surface area is 95.0 Å². The fourth-order valence-electron chi connectivity index (χ4n) is 1.25. The Hall–Kier alpha value is -1.39. The number of ketones is 1. The highest BCUT2D eigenvalue weighted by Gasteiger charge is 2.02. The zero-order valence-electron chi connectivity index (χ0n) is 9.35. The molecule has 0 fully saturated rings. The molecule has 0 aliphatic heterocycles. The molecule has 16 heavy (non-hydrogen) atoms. The zero-order chi connectivity index (χ0) is 12.0. The molecule has 0 amide bonds. The maximum absolute atomic E-state index is 10.9. The van der Waals surface area contributed by atoms with Gasteiger partial charge in [0.05, 0.1) is 0 Å².